The first kappa shape index (κ1) is 55.3. The Labute approximate surface area is 433 Å². The molecule has 0 fully saturated rings. The Morgan fingerprint density at radius 3 is 0.863 bits per heavy atom. The summed E-state index contributed by atoms with van der Waals surface area (Å²) in [7, 11) is -0.753. The second-order valence-electron chi connectivity index (χ2n) is 17.3. The molecule has 6 aromatic carbocycles. The van der Waals surface area contributed by atoms with Gasteiger partial charge in [0, 0.05) is 33.0 Å². The number of ether oxygens (including phenoxy) is 5. The molecule has 386 valence electrons. The fourth-order valence-electron chi connectivity index (χ4n) is 8.18. The topological polar surface area (TPSA) is 193 Å². The summed E-state index contributed by atoms with van der Waals surface area (Å²) in [6, 6.07) is 38.7. The van der Waals surface area contributed by atoms with E-state index in [4.69, 9.17) is 32.7 Å². The molecule has 0 saturated carbocycles. The number of para-hydroxylation sites is 5. The minimum atomic E-state index is -1.79. The van der Waals surface area contributed by atoms with Gasteiger partial charge in [-0.15, -0.1) is 0 Å². The van der Waals surface area contributed by atoms with Crippen LogP contribution in [0.1, 0.15) is 92.0 Å². The molecule has 0 aromatic heterocycles. The van der Waals surface area contributed by atoms with Crippen molar-refractivity contribution >= 4 is 25.5 Å². The first-order valence-corrected chi connectivity index (χ1v) is 28.0. The Balaban J connectivity index is 1.61. The molecule has 1 aliphatic rings. The van der Waals surface area contributed by atoms with Gasteiger partial charge >= 0.3 is 8.45 Å². The first-order chi connectivity index (χ1) is 36.0. The van der Waals surface area contributed by atoms with E-state index in [1.807, 2.05) is 121 Å². The highest BCUT2D eigenvalue weighted by molar-refractivity contribution is 7.64. The van der Waals surface area contributed by atoms with Gasteiger partial charge in [0.05, 0.1) is 0 Å². The van der Waals surface area contributed by atoms with E-state index in [2.05, 4.69) is 9.37 Å². The van der Waals surface area contributed by atoms with E-state index in [-0.39, 0.29) is 67.5 Å². The van der Waals surface area contributed by atoms with Gasteiger partial charge in [0.15, 0.2) is 8.52 Å². The number of benzene rings is 6. The van der Waals surface area contributed by atoms with Gasteiger partial charge in [0.1, 0.15) is 37.3 Å². The molecular formula is C56H66N3O11P3. The third-order valence-electron chi connectivity index (χ3n) is 11.9. The van der Waals surface area contributed by atoms with E-state index in [0.29, 0.717) is 142 Å². The largest absolute Gasteiger partial charge is 0.449 e. The van der Waals surface area contributed by atoms with Crippen molar-refractivity contribution in [2.75, 3.05) is 33.0 Å². The highest BCUT2D eigenvalue weighted by atomic mass is 31.2. The lowest BCUT2D eigenvalue weighted by Gasteiger charge is -2.27. The van der Waals surface area contributed by atoms with Crippen LogP contribution in [0.3, 0.4) is 0 Å². The predicted molar refractivity (Wildman–Crippen MR) is 289 cm³/mol. The zero-order valence-corrected chi connectivity index (χ0v) is 43.8. The molecule has 6 aromatic rings. The van der Waals surface area contributed by atoms with Crippen LogP contribution in [0.5, 0.6) is 63.2 Å². The number of hydrogen-bond acceptors (Lipinski definition) is 14. The van der Waals surface area contributed by atoms with Gasteiger partial charge in [-0.05, 0) is 154 Å². The Hall–Kier alpha value is -5.49. The summed E-state index contributed by atoms with van der Waals surface area (Å²) in [6.45, 7) is 0.266. The van der Waals surface area contributed by atoms with Gasteiger partial charge in [0.2, 0.25) is 34.5 Å². The third kappa shape index (κ3) is 16.3. The van der Waals surface area contributed by atoms with Crippen LogP contribution in [0, 0.1) is 0 Å². The molecule has 7 rings (SSSR count). The van der Waals surface area contributed by atoms with Crippen LogP contribution in [-0.2, 0) is 32.1 Å². The van der Waals surface area contributed by atoms with Gasteiger partial charge in [-0.3, -0.25) is 0 Å². The van der Waals surface area contributed by atoms with E-state index in [1.54, 1.807) is 0 Å². The Morgan fingerprint density at radius 1 is 0.356 bits per heavy atom. The summed E-state index contributed by atoms with van der Waals surface area (Å²) >= 11 is 0. The summed E-state index contributed by atoms with van der Waals surface area (Å²) < 4.78 is 52.8. The number of aliphatic hydroxyl groups excluding tert-OH is 5. The second-order valence-corrected chi connectivity index (χ2v) is 20.6. The van der Waals surface area contributed by atoms with Crippen LogP contribution >= 0.6 is 25.5 Å². The summed E-state index contributed by atoms with van der Waals surface area (Å²) in [5.74, 6) is 3.21. The average molecular weight is 1050 g/mol. The van der Waals surface area contributed by atoms with Crippen LogP contribution in [0.15, 0.2) is 130 Å². The minimum Gasteiger partial charge on any atom is -0.449 e. The van der Waals surface area contributed by atoms with Crippen LogP contribution in [0.2, 0.25) is 0 Å². The highest BCUT2D eigenvalue weighted by Gasteiger charge is 2.37. The number of rotatable bonds is 32. The van der Waals surface area contributed by atoms with Crippen LogP contribution in [0.4, 0.5) is 0 Å². The number of nitrogens with one attached hydrogen (secondary N) is 1. The lowest BCUT2D eigenvalue weighted by Crippen LogP contribution is -2.07. The van der Waals surface area contributed by atoms with Crippen molar-refractivity contribution in [2.45, 2.75) is 96.3 Å². The summed E-state index contributed by atoms with van der Waals surface area (Å²) in [4.78, 5) is 3.29. The summed E-state index contributed by atoms with van der Waals surface area (Å²) in [5.41, 5.74) is 4.40. The molecule has 0 aliphatic carbocycles. The van der Waals surface area contributed by atoms with Gasteiger partial charge in [-0.25, -0.2) is 0 Å². The Kier molecular flexibility index (Phi) is 23.2. The second kappa shape index (κ2) is 30.6. The number of unbranched alkanes of at least 4 members (excludes halogenated alkanes) is 5. The molecule has 1 heterocycles. The Morgan fingerprint density at radius 2 is 0.616 bits per heavy atom. The lowest BCUT2D eigenvalue weighted by molar-refractivity contribution is 0.283. The molecule has 1 aliphatic heterocycles. The van der Waals surface area contributed by atoms with Crippen molar-refractivity contribution in [1.82, 2.24) is 4.86 Å². The number of hydrogen-bond donors (Lipinski definition) is 6. The summed E-state index contributed by atoms with van der Waals surface area (Å²) in [5, 5.41) is 49.1. The molecule has 0 amide bonds. The van der Waals surface area contributed by atoms with Crippen LogP contribution < -0.4 is 33.1 Å². The smallest absolute Gasteiger partial charge is 0.311 e. The van der Waals surface area contributed by atoms with Crippen LogP contribution in [-0.4, -0.2) is 58.6 Å². The maximum Gasteiger partial charge on any atom is 0.311 e. The van der Waals surface area contributed by atoms with E-state index in [9.17, 15) is 25.5 Å². The molecule has 0 radical (unpaired) electrons. The molecule has 1 unspecified atom stereocenters. The third-order valence-corrected chi connectivity index (χ3v) is 15.0. The zero-order valence-electron chi connectivity index (χ0n) is 41.1. The van der Waals surface area contributed by atoms with Crippen LogP contribution in [0.25, 0.3) is 0 Å². The molecule has 0 bridgehead atoms. The molecule has 0 spiro atoms. The van der Waals surface area contributed by atoms with E-state index >= 15 is 0 Å². The lowest BCUT2D eigenvalue weighted by atomic mass is 10.1. The van der Waals surface area contributed by atoms with Crippen molar-refractivity contribution in [2.24, 2.45) is 9.03 Å². The number of aryl methyl sites for hydroxylation is 5. The highest BCUT2D eigenvalue weighted by Crippen LogP contribution is 2.65. The van der Waals surface area contributed by atoms with Crippen molar-refractivity contribution in [3.05, 3.63) is 149 Å². The van der Waals surface area contributed by atoms with Crippen molar-refractivity contribution in [1.29, 1.82) is 0 Å². The predicted octanol–water partition coefficient (Wildman–Crippen LogP) is 14.5. The molecular weight excluding hydrogens is 984 g/mol. The van der Waals surface area contributed by atoms with E-state index in [1.165, 1.54) is 0 Å². The monoisotopic (exact) mass is 1050 g/mol. The standard InChI is InChI=1S/C56H66N3O11P3/c60-36-16-11-26-41-21-1-6-31-46(41)65-51-52(66-47-32-7-2-22-42(47)27-12-17-37-61)54(68-49-34-9-4-24-44(49)29-14-19-39-63)56(70-73-58-71-57-72-59-73)55(69-50-35-10-5-25-45(50)30-15-20-40-64)53(51)67-48-33-8-3-23-43(48)28-13-18-38-62/h1-10,21-25,31-35,60-64H,11-20,26-30,36-40H2,(H,57,58,59). The first-order valence-electron chi connectivity index (χ1n) is 25.2. The molecule has 0 saturated heterocycles. The minimum absolute atomic E-state index is 0.0526. The fourth-order valence-corrected chi connectivity index (χ4v) is 11.1. The van der Waals surface area contributed by atoms with Crippen molar-refractivity contribution in [3.63, 3.8) is 0 Å². The molecule has 6 N–H and O–H groups in total. The van der Waals surface area contributed by atoms with Crippen molar-refractivity contribution < 1.29 is 53.7 Å². The fraction of sp³-hybridized carbons (Fsp3) is 0.357. The van der Waals surface area contributed by atoms with Gasteiger partial charge in [-0.2, -0.15) is 13.9 Å². The maximum absolute atomic E-state index is 9.82. The van der Waals surface area contributed by atoms with Crippen molar-refractivity contribution in [3.8, 4) is 63.2 Å². The molecule has 1 atom stereocenters. The average Bonchev–Trinajstić information content (AvgIpc) is 3.42. The number of nitrogens with zero attached hydrogens (tertiary/aromatic N) is 2. The maximum atomic E-state index is 9.82. The van der Waals surface area contributed by atoms with E-state index < -0.39 is 8.45 Å². The number of aliphatic hydroxyl groups is 5. The van der Waals surface area contributed by atoms with E-state index in [0.717, 1.165) is 27.8 Å². The molecule has 14 nitrogen and oxygen atoms in total. The normalized spacial score (nSPS) is 13.4. The Bertz CT molecular complexity index is 2570. The molecule has 17 heteroatoms. The zero-order chi connectivity index (χ0) is 50.9. The van der Waals surface area contributed by atoms with Gasteiger partial charge < -0.3 is 53.7 Å². The van der Waals surface area contributed by atoms with Gasteiger partial charge in [0.25, 0.3) is 0 Å². The SMILES string of the molecule is OCCCCc1ccccc1Oc1c(Oc2ccccc2CCCCO)c(Oc2ccccc2CCCCO)c(OP2N=PN=PN2)c(Oc2ccccc2CCCCO)c1Oc1ccccc1CCCCO. The summed E-state index contributed by atoms with van der Waals surface area (Å²) in [6.07, 6.45) is 9.51. The molecule has 73 heavy (non-hydrogen) atoms. The van der Waals surface area contributed by atoms with Gasteiger partial charge in [-0.1, -0.05) is 91.0 Å². The quantitative estimate of drug-likeness (QED) is 0.0173.